The average molecular weight is 322 g/mol. The number of fused-ring (bicyclic) bond motifs is 1. The molecule has 22 heavy (non-hydrogen) atoms. The number of amides is 1. The molecule has 1 heterocycles. The monoisotopic (exact) mass is 322 g/mol. The van der Waals surface area contributed by atoms with Crippen LogP contribution < -0.4 is 5.32 Å². The van der Waals surface area contributed by atoms with Gasteiger partial charge in [0.2, 0.25) is 0 Å². The Hall–Kier alpha value is -2.15. The number of alkyl carbamates (subject to hydrolysis) is 1. The van der Waals surface area contributed by atoms with Crippen LogP contribution in [0.2, 0.25) is 0 Å². The lowest BCUT2D eigenvalue weighted by atomic mass is 10.2. The van der Waals surface area contributed by atoms with Crippen LogP contribution >= 0.6 is 11.3 Å². The lowest BCUT2D eigenvalue weighted by molar-refractivity contribution is -0.139. The summed E-state index contributed by atoms with van der Waals surface area (Å²) in [4.78, 5) is 27.4. The standard InChI is InChI=1S/C15H18N2O4S/c1-15(2,3)21-14(20)17-10(13(18)19)8-12-16-9-6-4-5-7-11(9)22-12/h4-7,10H,8H2,1-3H3,(H,17,20)(H,18,19)/t10-/m1/s1. The Labute approximate surface area is 132 Å². The van der Waals surface area contributed by atoms with Gasteiger partial charge < -0.3 is 15.2 Å². The van der Waals surface area contributed by atoms with Gasteiger partial charge in [0.25, 0.3) is 0 Å². The summed E-state index contributed by atoms with van der Waals surface area (Å²) in [5, 5.41) is 12.3. The minimum Gasteiger partial charge on any atom is -0.480 e. The Morgan fingerprint density at radius 1 is 1.36 bits per heavy atom. The molecule has 2 N–H and O–H groups in total. The second-order valence-electron chi connectivity index (χ2n) is 5.82. The molecule has 2 rings (SSSR count). The van der Waals surface area contributed by atoms with E-state index in [-0.39, 0.29) is 6.42 Å². The number of carbonyl (C=O) groups excluding carboxylic acids is 1. The number of ether oxygens (including phenoxy) is 1. The summed E-state index contributed by atoms with van der Waals surface area (Å²) in [5.74, 6) is -1.12. The van der Waals surface area contributed by atoms with Gasteiger partial charge in [-0.25, -0.2) is 14.6 Å². The van der Waals surface area contributed by atoms with Crippen molar-refractivity contribution in [2.24, 2.45) is 0 Å². The van der Waals surface area contributed by atoms with Gasteiger partial charge in [0.05, 0.1) is 15.2 Å². The van der Waals surface area contributed by atoms with Gasteiger partial charge >= 0.3 is 12.1 Å². The highest BCUT2D eigenvalue weighted by Crippen LogP contribution is 2.22. The number of benzene rings is 1. The summed E-state index contributed by atoms with van der Waals surface area (Å²) in [6, 6.07) is 6.49. The maximum absolute atomic E-state index is 11.7. The smallest absolute Gasteiger partial charge is 0.408 e. The quantitative estimate of drug-likeness (QED) is 0.903. The number of thiazole rings is 1. The number of carboxylic acids is 1. The van der Waals surface area contributed by atoms with Crippen molar-refractivity contribution in [3.63, 3.8) is 0 Å². The van der Waals surface area contributed by atoms with Crippen LogP contribution in [0.25, 0.3) is 10.2 Å². The van der Waals surface area contributed by atoms with E-state index >= 15 is 0 Å². The summed E-state index contributed by atoms with van der Waals surface area (Å²) in [7, 11) is 0. The molecule has 1 amide bonds. The molecule has 7 heteroatoms. The molecule has 0 unspecified atom stereocenters. The number of rotatable bonds is 4. The van der Waals surface area contributed by atoms with Crippen LogP contribution in [-0.2, 0) is 16.0 Å². The molecule has 0 bridgehead atoms. The topological polar surface area (TPSA) is 88.5 Å². The van der Waals surface area contributed by atoms with E-state index in [1.165, 1.54) is 11.3 Å². The van der Waals surface area contributed by atoms with Gasteiger partial charge in [0.1, 0.15) is 11.6 Å². The molecular weight excluding hydrogens is 304 g/mol. The number of aliphatic carboxylic acids is 1. The summed E-state index contributed by atoms with van der Waals surface area (Å²) < 4.78 is 6.07. The molecule has 0 spiro atoms. The third-order valence-corrected chi connectivity index (χ3v) is 3.76. The Kier molecular flexibility index (Phi) is 4.65. The third-order valence-electron chi connectivity index (χ3n) is 2.71. The number of aromatic nitrogens is 1. The fourth-order valence-electron chi connectivity index (χ4n) is 1.83. The first kappa shape index (κ1) is 16.2. The van der Waals surface area contributed by atoms with Gasteiger partial charge in [-0.15, -0.1) is 11.3 Å². The normalized spacial score (nSPS) is 12.9. The maximum atomic E-state index is 11.7. The van der Waals surface area contributed by atoms with Crippen LogP contribution in [0.1, 0.15) is 25.8 Å². The molecule has 6 nitrogen and oxygen atoms in total. The van der Waals surface area contributed by atoms with Crippen molar-refractivity contribution in [1.29, 1.82) is 0 Å². The number of hydrogen-bond acceptors (Lipinski definition) is 5. The van der Waals surface area contributed by atoms with E-state index in [2.05, 4.69) is 10.3 Å². The van der Waals surface area contributed by atoms with E-state index in [0.29, 0.717) is 5.01 Å². The van der Waals surface area contributed by atoms with Crippen LogP contribution in [0.5, 0.6) is 0 Å². The zero-order valence-corrected chi connectivity index (χ0v) is 13.4. The average Bonchev–Trinajstić information content (AvgIpc) is 2.77. The SMILES string of the molecule is CC(C)(C)OC(=O)N[C@H](Cc1nc2ccccc2s1)C(=O)O. The molecule has 0 aliphatic rings. The van der Waals surface area contributed by atoms with Crippen molar-refractivity contribution >= 4 is 33.6 Å². The predicted molar refractivity (Wildman–Crippen MR) is 84.1 cm³/mol. The predicted octanol–water partition coefficient (Wildman–Crippen LogP) is 2.82. The first-order valence-electron chi connectivity index (χ1n) is 6.81. The van der Waals surface area contributed by atoms with Crippen molar-refractivity contribution < 1.29 is 19.4 Å². The molecule has 0 radical (unpaired) electrons. The number of hydrogen-bond donors (Lipinski definition) is 2. The van der Waals surface area contributed by atoms with Gasteiger partial charge in [-0.2, -0.15) is 0 Å². The zero-order valence-electron chi connectivity index (χ0n) is 12.6. The molecule has 0 saturated carbocycles. The number of nitrogens with zero attached hydrogens (tertiary/aromatic N) is 1. The van der Waals surface area contributed by atoms with E-state index in [9.17, 15) is 14.7 Å². The molecule has 1 aromatic carbocycles. The fraction of sp³-hybridized carbons (Fsp3) is 0.400. The van der Waals surface area contributed by atoms with Gasteiger partial charge in [-0.1, -0.05) is 12.1 Å². The van der Waals surface area contributed by atoms with Crippen LogP contribution in [0.3, 0.4) is 0 Å². The number of para-hydroxylation sites is 1. The molecule has 0 aliphatic heterocycles. The number of nitrogens with one attached hydrogen (secondary N) is 1. The molecule has 118 valence electrons. The summed E-state index contributed by atoms with van der Waals surface area (Å²) in [6.07, 6.45) is -0.630. The van der Waals surface area contributed by atoms with Crippen LogP contribution in [-0.4, -0.2) is 33.8 Å². The highest BCUT2D eigenvalue weighted by Gasteiger charge is 2.25. The molecular formula is C15H18N2O4S. The lowest BCUT2D eigenvalue weighted by Crippen LogP contribution is -2.44. The van der Waals surface area contributed by atoms with Crippen molar-refractivity contribution in [3.8, 4) is 0 Å². The van der Waals surface area contributed by atoms with E-state index in [4.69, 9.17) is 4.74 Å². The molecule has 2 aromatic rings. The van der Waals surface area contributed by atoms with E-state index in [0.717, 1.165) is 10.2 Å². The van der Waals surface area contributed by atoms with Crippen LogP contribution in [0.4, 0.5) is 4.79 Å². The molecule has 0 aliphatic carbocycles. The van der Waals surface area contributed by atoms with E-state index < -0.39 is 23.7 Å². The Bertz CT molecular complexity index is 657. The van der Waals surface area contributed by atoms with Gasteiger partial charge in [-0.05, 0) is 32.9 Å². The number of carboxylic acid groups (broad SMARTS) is 1. The van der Waals surface area contributed by atoms with E-state index in [1.807, 2.05) is 24.3 Å². The highest BCUT2D eigenvalue weighted by molar-refractivity contribution is 7.18. The molecule has 0 fully saturated rings. The van der Waals surface area contributed by atoms with Gasteiger partial charge in [-0.3, -0.25) is 0 Å². The fourth-order valence-corrected chi connectivity index (χ4v) is 2.84. The minimum absolute atomic E-state index is 0.119. The summed E-state index contributed by atoms with van der Waals surface area (Å²) >= 11 is 1.42. The second kappa shape index (κ2) is 6.31. The number of carbonyl (C=O) groups is 2. The van der Waals surface area contributed by atoms with Crippen LogP contribution in [0.15, 0.2) is 24.3 Å². The molecule has 1 atom stereocenters. The first-order valence-corrected chi connectivity index (χ1v) is 7.63. The zero-order chi connectivity index (χ0) is 16.3. The van der Waals surface area contributed by atoms with Crippen molar-refractivity contribution in [3.05, 3.63) is 29.3 Å². The lowest BCUT2D eigenvalue weighted by Gasteiger charge is -2.21. The van der Waals surface area contributed by atoms with Crippen molar-refractivity contribution in [2.75, 3.05) is 0 Å². The van der Waals surface area contributed by atoms with Gasteiger partial charge in [0.15, 0.2) is 0 Å². The second-order valence-corrected chi connectivity index (χ2v) is 6.93. The van der Waals surface area contributed by atoms with E-state index in [1.54, 1.807) is 20.8 Å². The molecule has 0 saturated heterocycles. The molecule has 1 aromatic heterocycles. The summed E-state index contributed by atoms with van der Waals surface area (Å²) in [5.41, 5.74) is 0.145. The highest BCUT2D eigenvalue weighted by atomic mass is 32.1. The minimum atomic E-state index is -1.12. The van der Waals surface area contributed by atoms with Gasteiger partial charge in [0, 0.05) is 6.42 Å². The van der Waals surface area contributed by atoms with Crippen LogP contribution in [0, 0.1) is 0 Å². The Balaban J connectivity index is 2.08. The Morgan fingerprint density at radius 2 is 2.05 bits per heavy atom. The maximum Gasteiger partial charge on any atom is 0.408 e. The third kappa shape index (κ3) is 4.42. The Morgan fingerprint density at radius 3 is 2.64 bits per heavy atom. The first-order chi connectivity index (χ1) is 10.2. The van der Waals surface area contributed by atoms with Crippen molar-refractivity contribution in [2.45, 2.75) is 38.8 Å². The summed E-state index contributed by atoms with van der Waals surface area (Å²) in [6.45, 7) is 5.15. The van der Waals surface area contributed by atoms with Crippen molar-refractivity contribution in [1.82, 2.24) is 10.3 Å². The largest absolute Gasteiger partial charge is 0.480 e.